The van der Waals surface area contributed by atoms with Gasteiger partial charge in [0.1, 0.15) is 12.0 Å². The molecule has 0 radical (unpaired) electrons. The fourth-order valence-electron chi connectivity index (χ4n) is 3.88. The predicted molar refractivity (Wildman–Crippen MR) is 97.1 cm³/mol. The van der Waals surface area contributed by atoms with Crippen LogP contribution in [0.5, 0.6) is 5.75 Å². The number of aldehydes is 1. The van der Waals surface area contributed by atoms with Crippen molar-refractivity contribution >= 4 is 29.7 Å². The smallest absolute Gasteiger partial charge is 0.211 e. The molecular formula is C20H18ClNO2. The molecule has 122 valence electrons. The number of ether oxygens (including phenoxy) is 1. The van der Waals surface area contributed by atoms with Crippen LogP contribution in [0.2, 0.25) is 5.02 Å². The van der Waals surface area contributed by atoms with E-state index in [1.54, 1.807) is 6.07 Å². The van der Waals surface area contributed by atoms with Crippen LogP contribution in [0.25, 0.3) is 6.08 Å². The lowest BCUT2D eigenvalue weighted by Crippen LogP contribution is -2.58. The molecular weight excluding hydrogens is 322 g/mol. The van der Waals surface area contributed by atoms with Crippen LogP contribution in [0.3, 0.4) is 0 Å². The van der Waals surface area contributed by atoms with Crippen molar-refractivity contribution < 1.29 is 9.53 Å². The van der Waals surface area contributed by atoms with Gasteiger partial charge in [-0.25, -0.2) is 0 Å². The maximum atomic E-state index is 11.0. The molecule has 4 heteroatoms. The first kappa shape index (κ1) is 15.3. The first-order chi connectivity index (χ1) is 11.4. The lowest BCUT2D eigenvalue weighted by Gasteiger charge is -2.45. The van der Waals surface area contributed by atoms with Gasteiger partial charge in [0.15, 0.2) is 0 Å². The summed E-state index contributed by atoms with van der Waals surface area (Å²) in [6, 6.07) is 11.5. The molecule has 2 aromatic carbocycles. The third-order valence-corrected chi connectivity index (χ3v) is 5.55. The van der Waals surface area contributed by atoms with Gasteiger partial charge in [0.25, 0.3) is 0 Å². The van der Waals surface area contributed by atoms with E-state index >= 15 is 0 Å². The van der Waals surface area contributed by atoms with E-state index in [4.69, 9.17) is 16.3 Å². The summed E-state index contributed by atoms with van der Waals surface area (Å²) in [5.74, 6) is 0.780. The van der Waals surface area contributed by atoms with Gasteiger partial charge in [-0.15, -0.1) is 0 Å². The van der Waals surface area contributed by atoms with E-state index in [9.17, 15) is 4.79 Å². The van der Waals surface area contributed by atoms with Gasteiger partial charge in [-0.1, -0.05) is 11.6 Å². The monoisotopic (exact) mass is 339 g/mol. The average molecular weight is 340 g/mol. The number of fused-ring (bicyclic) bond motifs is 2. The summed E-state index contributed by atoms with van der Waals surface area (Å²) in [6.07, 6.45) is 4.97. The molecule has 1 unspecified atom stereocenters. The number of rotatable bonds is 1. The molecule has 2 aliphatic rings. The maximum Gasteiger partial charge on any atom is 0.211 e. The minimum absolute atomic E-state index is 0.292. The van der Waals surface area contributed by atoms with Crippen LogP contribution in [0.1, 0.15) is 35.3 Å². The van der Waals surface area contributed by atoms with Crippen molar-refractivity contribution in [2.24, 2.45) is 0 Å². The molecule has 0 saturated heterocycles. The number of hydrogen-bond acceptors (Lipinski definition) is 3. The van der Waals surface area contributed by atoms with E-state index in [-0.39, 0.29) is 5.41 Å². The van der Waals surface area contributed by atoms with Crippen LogP contribution in [0.4, 0.5) is 5.69 Å². The maximum absolute atomic E-state index is 11.0. The van der Waals surface area contributed by atoms with Crippen LogP contribution < -0.4 is 9.64 Å². The van der Waals surface area contributed by atoms with Crippen molar-refractivity contribution in [3.8, 4) is 5.75 Å². The summed E-state index contributed by atoms with van der Waals surface area (Å²) >= 11 is 6.23. The van der Waals surface area contributed by atoms with Crippen LogP contribution >= 0.6 is 11.6 Å². The van der Waals surface area contributed by atoms with Gasteiger partial charge in [0.05, 0.1) is 5.41 Å². The minimum Gasteiger partial charge on any atom is -0.463 e. The Morgan fingerprint density at radius 2 is 1.96 bits per heavy atom. The van der Waals surface area contributed by atoms with Crippen LogP contribution in [0, 0.1) is 0 Å². The van der Waals surface area contributed by atoms with Crippen molar-refractivity contribution in [3.05, 3.63) is 64.2 Å². The Balaban J connectivity index is 1.87. The molecule has 0 bridgehead atoms. The SMILES string of the molecule is CN1c2ccc(Cl)cc2C(C)(C)C12C=Cc1cc(C=O)ccc1O2. The second-order valence-electron chi connectivity index (χ2n) is 6.89. The highest BCUT2D eigenvalue weighted by atomic mass is 35.5. The molecule has 2 heterocycles. The molecule has 2 aromatic rings. The topological polar surface area (TPSA) is 29.5 Å². The van der Waals surface area contributed by atoms with E-state index in [2.05, 4.69) is 24.8 Å². The largest absolute Gasteiger partial charge is 0.463 e. The van der Waals surface area contributed by atoms with Crippen molar-refractivity contribution in [1.82, 2.24) is 0 Å². The fourth-order valence-corrected chi connectivity index (χ4v) is 4.05. The number of carbonyl (C=O) groups is 1. The third kappa shape index (κ3) is 1.82. The number of benzene rings is 2. The zero-order chi connectivity index (χ0) is 17.1. The molecule has 0 aliphatic carbocycles. The molecule has 0 aromatic heterocycles. The molecule has 4 rings (SSSR count). The Kier molecular flexibility index (Phi) is 3.10. The van der Waals surface area contributed by atoms with Crippen LogP contribution in [-0.2, 0) is 5.41 Å². The molecule has 24 heavy (non-hydrogen) atoms. The summed E-state index contributed by atoms with van der Waals surface area (Å²) in [4.78, 5) is 13.2. The molecule has 1 atom stereocenters. The van der Waals surface area contributed by atoms with Gasteiger partial charge in [0, 0.05) is 28.9 Å². The molecule has 0 fully saturated rings. The quantitative estimate of drug-likeness (QED) is 0.706. The summed E-state index contributed by atoms with van der Waals surface area (Å²) in [7, 11) is 2.04. The first-order valence-corrected chi connectivity index (χ1v) is 8.28. The molecule has 1 spiro atoms. The van der Waals surface area contributed by atoms with E-state index in [0.717, 1.165) is 33.9 Å². The number of anilines is 1. The molecule has 0 saturated carbocycles. The van der Waals surface area contributed by atoms with Gasteiger partial charge in [-0.05, 0) is 68.0 Å². The first-order valence-electron chi connectivity index (χ1n) is 7.90. The van der Waals surface area contributed by atoms with Gasteiger partial charge in [0.2, 0.25) is 5.72 Å². The highest BCUT2D eigenvalue weighted by Crippen LogP contribution is 2.54. The number of halogens is 1. The number of hydrogen-bond donors (Lipinski definition) is 0. The minimum atomic E-state index is -0.629. The number of likely N-dealkylation sites (N-methyl/N-ethyl adjacent to an activating group) is 1. The number of carbonyl (C=O) groups excluding carboxylic acids is 1. The Morgan fingerprint density at radius 3 is 2.71 bits per heavy atom. The van der Waals surface area contributed by atoms with E-state index < -0.39 is 5.72 Å². The zero-order valence-corrected chi connectivity index (χ0v) is 14.6. The Morgan fingerprint density at radius 1 is 1.17 bits per heavy atom. The number of nitrogens with zero attached hydrogens (tertiary/aromatic N) is 1. The summed E-state index contributed by atoms with van der Waals surface area (Å²) in [5, 5.41) is 0.725. The van der Waals surface area contributed by atoms with Gasteiger partial charge in [-0.2, -0.15) is 0 Å². The lowest BCUT2D eigenvalue weighted by molar-refractivity contribution is 0.0581. The fraction of sp³-hybridized carbons (Fsp3) is 0.250. The second kappa shape index (κ2) is 4.87. The van der Waals surface area contributed by atoms with E-state index in [1.807, 2.05) is 43.5 Å². The standard InChI is InChI=1S/C20H18ClNO2/c1-19(2)16-11-15(21)5-6-17(16)22(3)20(19)9-8-14-10-13(12-23)4-7-18(14)24-20/h4-12H,1-3H3. The van der Waals surface area contributed by atoms with Gasteiger partial charge in [-0.3, -0.25) is 4.79 Å². The summed E-state index contributed by atoms with van der Waals surface area (Å²) in [6.45, 7) is 4.33. The van der Waals surface area contributed by atoms with E-state index in [0.29, 0.717) is 5.56 Å². The lowest BCUT2D eigenvalue weighted by atomic mass is 9.76. The van der Waals surface area contributed by atoms with Gasteiger partial charge < -0.3 is 9.64 Å². The molecule has 3 nitrogen and oxygen atoms in total. The van der Waals surface area contributed by atoms with Crippen molar-refractivity contribution in [1.29, 1.82) is 0 Å². The van der Waals surface area contributed by atoms with Crippen LogP contribution in [-0.4, -0.2) is 19.1 Å². The summed E-state index contributed by atoms with van der Waals surface area (Å²) < 4.78 is 6.51. The Hall–Kier alpha value is -2.26. The van der Waals surface area contributed by atoms with Crippen LogP contribution in [0.15, 0.2) is 42.5 Å². The molecule has 0 amide bonds. The van der Waals surface area contributed by atoms with Crippen molar-refractivity contribution in [2.45, 2.75) is 25.0 Å². The van der Waals surface area contributed by atoms with Crippen molar-refractivity contribution in [2.75, 3.05) is 11.9 Å². The highest BCUT2D eigenvalue weighted by Gasteiger charge is 2.57. The molecule has 0 N–H and O–H groups in total. The predicted octanol–water partition coefficient (Wildman–Crippen LogP) is 4.68. The highest BCUT2D eigenvalue weighted by molar-refractivity contribution is 6.30. The van der Waals surface area contributed by atoms with E-state index in [1.165, 1.54) is 0 Å². The second-order valence-corrected chi connectivity index (χ2v) is 7.33. The normalized spacial score (nSPS) is 22.9. The summed E-state index contributed by atoms with van der Waals surface area (Å²) in [5.41, 5.74) is 2.92. The molecule has 2 aliphatic heterocycles. The Bertz CT molecular complexity index is 887. The van der Waals surface area contributed by atoms with Gasteiger partial charge >= 0.3 is 0 Å². The van der Waals surface area contributed by atoms with Crippen molar-refractivity contribution in [3.63, 3.8) is 0 Å². The third-order valence-electron chi connectivity index (χ3n) is 5.31. The average Bonchev–Trinajstić information content (AvgIpc) is 2.73. The zero-order valence-electron chi connectivity index (χ0n) is 13.8. The Labute approximate surface area is 146 Å².